The minimum absolute atomic E-state index is 0.124. The van der Waals surface area contributed by atoms with Gasteiger partial charge in [0, 0.05) is 25.3 Å². The van der Waals surface area contributed by atoms with E-state index >= 15 is 0 Å². The lowest BCUT2D eigenvalue weighted by molar-refractivity contribution is -0.147. The highest BCUT2D eigenvalue weighted by atomic mass is 16.5. The van der Waals surface area contributed by atoms with E-state index in [1.54, 1.807) is 30.0 Å². The summed E-state index contributed by atoms with van der Waals surface area (Å²) in [4.78, 5) is 25.6. The molecule has 2 atom stereocenters. The smallest absolute Gasteiger partial charge is 0.311 e. The summed E-state index contributed by atoms with van der Waals surface area (Å²) < 4.78 is 11.3. The van der Waals surface area contributed by atoms with Crippen molar-refractivity contribution in [1.29, 1.82) is 0 Å². The molecule has 2 fully saturated rings. The van der Waals surface area contributed by atoms with Crippen LogP contribution in [0, 0.1) is 5.41 Å². The van der Waals surface area contributed by atoms with Crippen LogP contribution in [-0.2, 0) is 9.53 Å². The van der Waals surface area contributed by atoms with Crippen LogP contribution in [0.3, 0.4) is 0 Å². The Hall–Kier alpha value is -2.08. The maximum absolute atomic E-state index is 12.6. The molecule has 0 aliphatic carbocycles. The molecule has 1 aromatic rings. The molecule has 0 radical (unpaired) electrons. The van der Waals surface area contributed by atoms with Gasteiger partial charge in [-0.05, 0) is 44.4 Å². The standard InChI is InChI=1S/C18H23NO5/c1-18(17(21)22)7-8-19(12-18)16(20)13-4-2-5-14(10-13)24-11-15-6-3-9-23-15/h2,4-5,10,15H,3,6-9,11-12H2,1H3,(H,21,22)/t15-,18+/m0/s1. The lowest BCUT2D eigenvalue weighted by Crippen LogP contribution is -2.34. The molecular weight excluding hydrogens is 310 g/mol. The van der Waals surface area contributed by atoms with E-state index in [9.17, 15) is 14.7 Å². The molecule has 6 heteroatoms. The fourth-order valence-electron chi connectivity index (χ4n) is 3.18. The molecule has 1 amide bonds. The Bertz CT molecular complexity index is 626. The Balaban J connectivity index is 1.63. The Morgan fingerprint density at radius 2 is 2.29 bits per heavy atom. The highest BCUT2D eigenvalue weighted by Gasteiger charge is 2.42. The number of hydrogen-bond donors (Lipinski definition) is 1. The number of likely N-dealkylation sites (tertiary alicyclic amines) is 1. The second-order valence-corrected chi connectivity index (χ2v) is 6.82. The van der Waals surface area contributed by atoms with Gasteiger partial charge in [0.05, 0.1) is 11.5 Å². The molecule has 1 aromatic carbocycles. The molecule has 0 spiro atoms. The summed E-state index contributed by atoms with van der Waals surface area (Å²) in [6, 6.07) is 7.05. The Morgan fingerprint density at radius 1 is 1.46 bits per heavy atom. The number of ether oxygens (including phenoxy) is 2. The molecular formula is C18H23NO5. The Labute approximate surface area is 141 Å². The largest absolute Gasteiger partial charge is 0.491 e. The van der Waals surface area contributed by atoms with Crippen LogP contribution < -0.4 is 4.74 Å². The van der Waals surface area contributed by atoms with E-state index in [4.69, 9.17) is 9.47 Å². The van der Waals surface area contributed by atoms with Crippen molar-refractivity contribution < 1.29 is 24.2 Å². The molecule has 2 aliphatic heterocycles. The minimum Gasteiger partial charge on any atom is -0.491 e. The molecule has 3 rings (SSSR count). The van der Waals surface area contributed by atoms with Gasteiger partial charge in [0.1, 0.15) is 12.4 Å². The molecule has 0 saturated carbocycles. The Kier molecular flexibility index (Phi) is 4.76. The van der Waals surface area contributed by atoms with Crippen molar-refractivity contribution in [2.45, 2.75) is 32.3 Å². The second-order valence-electron chi connectivity index (χ2n) is 6.82. The zero-order valence-electron chi connectivity index (χ0n) is 13.9. The predicted molar refractivity (Wildman–Crippen MR) is 87.2 cm³/mol. The summed E-state index contributed by atoms with van der Waals surface area (Å²) in [7, 11) is 0. The van der Waals surface area contributed by atoms with Crippen molar-refractivity contribution in [2.24, 2.45) is 5.41 Å². The lowest BCUT2D eigenvalue weighted by atomic mass is 9.90. The van der Waals surface area contributed by atoms with Crippen molar-refractivity contribution >= 4 is 11.9 Å². The van der Waals surface area contributed by atoms with E-state index in [0.29, 0.717) is 30.9 Å². The van der Waals surface area contributed by atoms with E-state index < -0.39 is 11.4 Å². The topological polar surface area (TPSA) is 76.1 Å². The molecule has 24 heavy (non-hydrogen) atoms. The molecule has 130 valence electrons. The number of amides is 1. The van der Waals surface area contributed by atoms with Crippen molar-refractivity contribution in [3.63, 3.8) is 0 Å². The van der Waals surface area contributed by atoms with Crippen LogP contribution in [0.2, 0.25) is 0 Å². The average molecular weight is 333 g/mol. The van der Waals surface area contributed by atoms with Crippen LogP contribution >= 0.6 is 0 Å². The van der Waals surface area contributed by atoms with E-state index in [1.165, 1.54) is 0 Å². The quantitative estimate of drug-likeness (QED) is 0.894. The number of carboxylic acids is 1. The summed E-state index contributed by atoms with van der Waals surface area (Å²) in [5.74, 6) is -0.370. The molecule has 2 heterocycles. The molecule has 0 unspecified atom stereocenters. The summed E-state index contributed by atoms with van der Waals surface area (Å²) in [6.45, 7) is 3.65. The van der Waals surface area contributed by atoms with Gasteiger partial charge in [-0.3, -0.25) is 9.59 Å². The minimum atomic E-state index is -0.858. The van der Waals surface area contributed by atoms with Crippen molar-refractivity contribution in [3.05, 3.63) is 29.8 Å². The second kappa shape index (κ2) is 6.81. The van der Waals surface area contributed by atoms with E-state index in [1.807, 2.05) is 6.07 Å². The number of carbonyl (C=O) groups is 2. The fraction of sp³-hybridized carbons (Fsp3) is 0.556. The number of benzene rings is 1. The first kappa shape index (κ1) is 16.8. The van der Waals surface area contributed by atoms with Gasteiger partial charge in [0.25, 0.3) is 5.91 Å². The normalized spacial score (nSPS) is 26.5. The maximum atomic E-state index is 12.6. The van der Waals surface area contributed by atoms with Crippen LogP contribution in [0.25, 0.3) is 0 Å². The number of carbonyl (C=O) groups excluding carboxylic acids is 1. The Morgan fingerprint density at radius 3 is 2.96 bits per heavy atom. The highest BCUT2D eigenvalue weighted by Crippen LogP contribution is 2.31. The van der Waals surface area contributed by atoms with Gasteiger partial charge in [-0.15, -0.1) is 0 Å². The first-order valence-electron chi connectivity index (χ1n) is 8.35. The molecule has 0 bridgehead atoms. The predicted octanol–water partition coefficient (Wildman–Crippen LogP) is 2.18. The van der Waals surface area contributed by atoms with Gasteiger partial charge in [0.2, 0.25) is 0 Å². The van der Waals surface area contributed by atoms with Crippen molar-refractivity contribution in [1.82, 2.24) is 4.90 Å². The number of carboxylic acid groups (broad SMARTS) is 1. The summed E-state index contributed by atoms with van der Waals surface area (Å²) >= 11 is 0. The monoisotopic (exact) mass is 333 g/mol. The average Bonchev–Trinajstić information content (AvgIpc) is 3.23. The first-order chi connectivity index (χ1) is 11.5. The number of hydrogen-bond acceptors (Lipinski definition) is 4. The molecule has 2 saturated heterocycles. The van der Waals surface area contributed by atoms with Gasteiger partial charge in [-0.2, -0.15) is 0 Å². The lowest BCUT2D eigenvalue weighted by Gasteiger charge is -2.20. The van der Waals surface area contributed by atoms with Gasteiger partial charge in [-0.1, -0.05) is 6.07 Å². The van der Waals surface area contributed by atoms with E-state index in [0.717, 1.165) is 19.4 Å². The maximum Gasteiger partial charge on any atom is 0.311 e. The third kappa shape index (κ3) is 3.53. The number of rotatable bonds is 5. The molecule has 1 N–H and O–H groups in total. The van der Waals surface area contributed by atoms with Gasteiger partial charge >= 0.3 is 5.97 Å². The van der Waals surface area contributed by atoms with Gasteiger partial charge in [0.15, 0.2) is 0 Å². The van der Waals surface area contributed by atoms with Crippen LogP contribution in [0.5, 0.6) is 5.75 Å². The SMILES string of the molecule is C[C@@]1(C(=O)O)CCN(C(=O)c2cccc(OC[C@@H]3CCCO3)c2)C1. The van der Waals surface area contributed by atoms with Crippen molar-refractivity contribution in [3.8, 4) is 5.75 Å². The van der Waals surface area contributed by atoms with Crippen LogP contribution in [0.15, 0.2) is 24.3 Å². The zero-order chi connectivity index (χ0) is 17.2. The third-order valence-corrected chi connectivity index (χ3v) is 4.82. The first-order valence-corrected chi connectivity index (χ1v) is 8.35. The fourth-order valence-corrected chi connectivity index (χ4v) is 3.18. The van der Waals surface area contributed by atoms with E-state index in [2.05, 4.69) is 0 Å². The van der Waals surface area contributed by atoms with Crippen molar-refractivity contribution in [2.75, 3.05) is 26.3 Å². The number of nitrogens with zero attached hydrogens (tertiary/aromatic N) is 1. The molecule has 6 nitrogen and oxygen atoms in total. The van der Waals surface area contributed by atoms with Crippen LogP contribution in [-0.4, -0.2) is 54.3 Å². The number of aliphatic carboxylic acids is 1. The van der Waals surface area contributed by atoms with Gasteiger partial charge < -0.3 is 19.5 Å². The molecule has 0 aromatic heterocycles. The highest BCUT2D eigenvalue weighted by molar-refractivity contribution is 5.95. The summed E-state index contributed by atoms with van der Waals surface area (Å²) in [5, 5.41) is 9.29. The van der Waals surface area contributed by atoms with Crippen LogP contribution in [0.1, 0.15) is 36.5 Å². The molecule has 2 aliphatic rings. The van der Waals surface area contributed by atoms with E-state index in [-0.39, 0.29) is 18.6 Å². The summed E-state index contributed by atoms with van der Waals surface area (Å²) in [5.41, 5.74) is -0.335. The zero-order valence-corrected chi connectivity index (χ0v) is 13.9. The van der Waals surface area contributed by atoms with Gasteiger partial charge in [-0.25, -0.2) is 0 Å². The van der Waals surface area contributed by atoms with Crippen LogP contribution in [0.4, 0.5) is 0 Å². The summed E-state index contributed by atoms with van der Waals surface area (Å²) in [6.07, 6.45) is 2.66. The third-order valence-electron chi connectivity index (χ3n) is 4.82.